The van der Waals surface area contributed by atoms with Gasteiger partial charge in [0.25, 0.3) is 5.69 Å². The smallest absolute Gasteiger partial charge is 0.255 e. The van der Waals surface area contributed by atoms with Gasteiger partial charge in [-0.15, -0.1) is 0 Å². The third-order valence-electron chi connectivity index (χ3n) is 5.45. The number of rotatable bonds is 10. The fourth-order valence-corrected chi connectivity index (χ4v) is 4.53. The molecule has 0 radical (unpaired) electrons. The molecule has 0 unspecified atom stereocenters. The minimum atomic E-state index is -3.62. The third kappa shape index (κ3) is 6.79. The van der Waals surface area contributed by atoms with Gasteiger partial charge in [0.2, 0.25) is 0 Å². The van der Waals surface area contributed by atoms with Crippen LogP contribution in [0.5, 0.6) is 17.2 Å². The summed E-state index contributed by atoms with van der Waals surface area (Å²) in [6.07, 6.45) is 3.14. The van der Waals surface area contributed by atoms with Crippen molar-refractivity contribution in [2.24, 2.45) is 4.99 Å². The van der Waals surface area contributed by atoms with Crippen LogP contribution in [0.3, 0.4) is 0 Å². The lowest BCUT2D eigenvalue weighted by Gasteiger charge is -2.12. The number of nitroso groups, excluding NO2 is 1. The summed E-state index contributed by atoms with van der Waals surface area (Å²) in [6.45, 7) is 1.91. The molecule has 3 aromatic carbocycles. The van der Waals surface area contributed by atoms with E-state index in [9.17, 15) is 13.3 Å². The maximum atomic E-state index is 12.9. The van der Waals surface area contributed by atoms with Crippen molar-refractivity contribution >= 4 is 33.5 Å². The Bertz CT molecular complexity index is 1390. The van der Waals surface area contributed by atoms with Gasteiger partial charge in [-0.3, -0.25) is 4.99 Å². The highest BCUT2D eigenvalue weighted by atomic mass is 32.2. The van der Waals surface area contributed by atoms with E-state index in [1.54, 1.807) is 54.7 Å². The van der Waals surface area contributed by atoms with E-state index in [-0.39, 0.29) is 5.75 Å². The number of aliphatic imine (C=N–C) groups is 1. The number of aryl methyl sites for hydroxylation is 1. The average molecular weight is 510 g/mol. The predicted octanol–water partition coefficient (Wildman–Crippen LogP) is 5.40. The van der Waals surface area contributed by atoms with Gasteiger partial charge in [-0.2, -0.15) is 0 Å². The van der Waals surface area contributed by atoms with Crippen LogP contribution in [0.1, 0.15) is 22.3 Å². The van der Waals surface area contributed by atoms with Gasteiger partial charge in [0.05, 0.1) is 38.3 Å². The van der Waals surface area contributed by atoms with Gasteiger partial charge >= 0.3 is 0 Å². The molecule has 0 aliphatic rings. The van der Waals surface area contributed by atoms with Crippen LogP contribution in [-0.2, 0) is 15.6 Å². The normalized spacial score (nSPS) is 11.7. The first-order valence-corrected chi connectivity index (χ1v) is 12.7. The Morgan fingerprint density at radius 3 is 2.11 bits per heavy atom. The molecule has 8 nitrogen and oxygen atoms in total. The maximum Gasteiger partial charge on any atom is 0.255 e. The van der Waals surface area contributed by atoms with E-state index < -0.39 is 9.84 Å². The molecule has 0 aliphatic carbocycles. The highest BCUT2D eigenvalue weighted by molar-refractivity contribution is 7.93. The van der Waals surface area contributed by atoms with E-state index in [1.165, 1.54) is 34.5 Å². The molecule has 0 bridgehead atoms. The highest BCUT2D eigenvalue weighted by Crippen LogP contribution is 2.35. The minimum Gasteiger partial charge on any atom is -0.496 e. The van der Waals surface area contributed by atoms with E-state index in [0.717, 1.165) is 21.3 Å². The minimum absolute atomic E-state index is 0.197. The van der Waals surface area contributed by atoms with E-state index >= 15 is 0 Å². The number of methoxy groups -OCH3 is 3. The predicted molar refractivity (Wildman–Crippen MR) is 142 cm³/mol. The van der Waals surface area contributed by atoms with Gasteiger partial charge in [-0.05, 0) is 47.9 Å². The first kappa shape index (κ1) is 26.6. The lowest BCUT2D eigenvalue weighted by molar-refractivity contribution is -0.428. The Kier molecular flexibility index (Phi) is 8.60. The van der Waals surface area contributed by atoms with Crippen LogP contribution in [0.25, 0.3) is 6.08 Å². The van der Waals surface area contributed by atoms with Gasteiger partial charge in [-0.1, -0.05) is 12.1 Å². The molecule has 0 fully saturated rings. The van der Waals surface area contributed by atoms with Crippen molar-refractivity contribution in [3.63, 3.8) is 0 Å². The maximum absolute atomic E-state index is 12.9. The number of benzene rings is 3. The molecule has 0 atom stereocenters. The molecule has 0 aromatic heterocycles. The van der Waals surface area contributed by atoms with Crippen molar-refractivity contribution in [2.45, 2.75) is 12.7 Å². The zero-order chi connectivity index (χ0) is 26.3. The highest BCUT2D eigenvalue weighted by Gasteiger charge is 2.14. The van der Waals surface area contributed by atoms with Crippen LogP contribution in [0.15, 0.2) is 65.0 Å². The van der Waals surface area contributed by atoms with E-state index in [2.05, 4.69) is 4.99 Å². The Hall–Kier alpha value is -3.98. The first-order valence-electron chi connectivity index (χ1n) is 11.0. The molecule has 188 valence electrons. The number of ether oxygens (including phenoxy) is 3. The summed E-state index contributed by atoms with van der Waals surface area (Å²) >= 11 is 0. The van der Waals surface area contributed by atoms with Crippen LogP contribution in [0.4, 0.5) is 11.4 Å². The molecule has 0 aliphatic heterocycles. The molecule has 36 heavy (non-hydrogen) atoms. The summed E-state index contributed by atoms with van der Waals surface area (Å²) in [4.78, 5) is 15.9. The molecule has 0 heterocycles. The van der Waals surface area contributed by atoms with Gasteiger partial charge in [0.1, 0.15) is 17.2 Å². The summed E-state index contributed by atoms with van der Waals surface area (Å²) in [7, 11) is 2.33. The fourth-order valence-electron chi connectivity index (χ4n) is 3.45. The zero-order valence-corrected chi connectivity index (χ0v) is 21.7. The number of sulfone groups is 1. The van der Waals surface area contributed by atoms with Gasteiger partial charge in [0.15, 0.2) is 16.9 Å². The second-order valence-electron chi connectivity index (χ2n) is 8.02. The van der Waals surface area contributed by atoms with Crippen LogP contribution in [0.2, 0.25) is 0 Å². The summed E-state index contributed by atoms with van der Waals surface area (Å²) in [5, 5.41) is 1.15. The molecular formula is C27H29N2O6S+. The molecule has 3 aromatic rings. The molecule has 0 saturated carbocycles. The van der Waals surface area contributed by atoms with Crippen LogP contribution in [-0.4, -0.2) is 47.8 Å². The second-order valence-corrected chi connectivity index (χ2v) is 9.91. The summed E-state index contributed by atoms with van der Waals surface area (Å²) in [6, 6.07) is 15.7. The summed E-state index contributed by atoms with van der Waals surface area (Å²) < 4.78 is 42.6. The quantitative estimate of drug-likeness (QED) is 0.268. The molecule has 0 spiro atoms. The number of hydrogen-bond donors (Lipinski definition) is 0. The van der Waals surface area contributed by atoms with E-state index in [0.29, 0.717) is 39.8 Å². The Labute approximate surface area is 211 Å². The molecule has 0 amide bonds. The van der Waals surface area contributed by atoms with Gasteiger partial charge in [-0.25, -0.2) is 8.42 Å². The topological polar surface area (TPSA) is 94.3 Å². The van der Waals surface area contributed by atoms with E-state index in [1.807, 2.05) is 13.0 Å². The SMILES string of the molecule is COc1cc(OC)c(/C=C/S(=O)(=O)Cc2ccc(C)c(N=Cc3ccc([N+](C)=O)cc3)c2)c(OC)c1. The van der Waals surface area contributed by atoms with Crippen molar-refractivity contribution in [3.8, 4) is 17.2 Å². The number of hydrogen-bond acceptors (Lipinski definition) is 7. The number of nitrogens with zero attached hydrogens (tertiary/aromatic N) is 2. The van der Waals surface area contributed by atoms with Crippen molar-refractivity contribution in [3.05, 3.63) is 87.2 Å². The van der Waals surface area contributed by atoms with Crippen LogP contribution < -0.4 is 14.2 Å². The average Bonchev–Trinajstić information content (AvgIpc) is 2.87. The summed E-state index contributed by atoms with van der Waals surface area (Å²) in [5.74, 6) is 1.20. The van der Waals surface area contributed by atoms with Crippen molar-refractivity contribution in [2.75, 3.05) is 28.4 Å². The van der Waals surface area contributed by atoms with Gasteiger partial charge in [0, 0.05) is 45.6 Å². The molecule has 3 rings (SSSR count). The van der Waals surface area contributed by atoms with Crippen molar-refractivity contribution < 1.29 is 27.4 Å². The first-order chi connectivity index (χ1) is 17.2. The second kappa shape index (κ2) is 11.6. The molecular weight excluding hydrogens is 480 g/mol. The summed E-state index contributed by atoms with van der Waals surface area (Å²) in [5.41, 5.74) is 4.04. The molecule has 0 saturated heterocycles. The monoisotopic (exact) mass is 509 g/mol. The van der Waals surface area contributed by atoms with E-state index in [4.69, 9.17) is 14.2 Å². The Morgan fingerprint density at radius 2 is 1.56 bits per heavy atom. The largest absolute Gasteiger partial charge is 0.496 e. The lowest BCUT2D eigenvalue weighted by atomic mass is 10.1. The third-order valence-corrected chi connectivity index (χ3v) is 6.73. The Balaban J connectivity index is 1.82. The van der Waals surface area contributed by atoms with Crippen LogP contribution >= 0.6 is 0 Å². The molecule has 0 N–H and O–H groups in total. The zero-order valence-electron chi connectivity index (χ0n) is 20.9. The lowest BCUT2D eigenvalue weighted by Crippen LogP contribution is -2.01. The van der Waals surface area contributed by atoms with Crippen LogP contribution in [0, 0.1) is 11.8 Å². The Morgan fingerprint density at radius 1 is 0.917 bits per heavy atom. The van der Waals surface area contributed by atoms with Crippen molar-refractivity contribution in [1.29, 1.82) is 0 Å². The molecule has 9 heteroatoms. The van der Waals surface area contributed by atoms with Gasteiger partial charge < -0.3 is 14.2 Å². The van der Waals surface area contributed by atoms with Crippen molar-refractivity contribution in [1.82, 2.24) is 0 Å². The standard InChI is InChI=1S/C27H29N2O6S/c1-19-6-7-21(14-25(19)28-17-20-8-10-22(11-9-20)29(2)30)18-36(31,32)13-12-24-26(34-4)15-23(33-3)16-27(24)35-5/h6-17H,18H2,1-5H3/q+1/b13-12+,28-17?. The fraction of sp³-hybridized carbons (Fsp3) is 0.222.